The number of hydrogen-bond donors (Lipinski definition) is 0. The largest absolute Gasteiger partial charge is 0.464 e. The fourth-order valence-corrected chi connectivity index (χ4v) is 1.49. The van der Waals surface area contributed by atoms with Crippen molar-refractivity contribution in [1.29, 1.82) is 0 Å². The van der Waals surface area contributed by atoms with Crippen LogP contribution >= 0.6 is 0 Å². The Morgan fingerprint density at radius 2 is 1.85 bits per heavy atom. The van der Waals surface area contributed by atoms with E-state index in [1.165, 1.54) is 14.2 Å². The van der Waals surface area contributed by atoms with E-state index in [-0.39, 0.29) is 12.3 Å². The molecule has 0 unspecified atom stereocenters. The fourth-order valence-electron chi connectivity index (χ4n) is 1.49. The monoisotopic (exact) mass is 278 g/mol. The fraction of sp³-hybridized carbons (Fsp3) is 0.357. The number of hydrogen-bond acceptors (Lipinski definition) is 6. The van der Waals surface area contributed by atoms with Gasteiger partial charge in [-0.05, 0) is 13.8 Å². The quantitative estimate of drug-likeness (QED) is 0.454. The predicted molar refractivity (Wildman–Crippen MR) is 75.6 cm³/mol. The van der Waals surface area contributed by atoms with Gasteiger partial charge in [-0.3, -0.25) is 0 Å². The van der Waals surface area contributed by atoms with Gasteiger partial charge >= 0.3 is 5.97 Å². The summed E-state index contributed by atoms with van der Waals surface area (Å²) >= 11 is 0. The molecule has 1 aromatic rings. The summed E-state index contributed by atoms with van der Waals surface area (Å²) in [5.74, 6) is -0.575. The van der Waals surface area contributed by atoms with E-state index < -0.39 is 5.97 Å². The van der Waals surface area contributed by atoms with Gasteiger partial charge in [0, 0.05) is 11.1 Å². The molecule has 6 heteroatoms. The second kappa shape index (κ2) is 7.93. The van der Waals surface area contributed by atoms with Gasteiger partial charge in [0.2, 0.25) is 0 Å². The molecule has 0 aliphatic rings. The lowest BCUT2D eigenvalue weighted by Gasteiger charge is -2.09. The molecular weight excluding hydrogens is 260 g/mol. The molecule has 0 aliphatic heterocycles. The molecule has 0 aliphatic carbocycles. The van der Waals surface area contributed by atoms with E-state index in [1.54, 1.807) is 12.1 Å². The zero-order chi connectivity index (χ0) is 15.0. The van der Waals surface area contributed by atoms with Crippen molar-refractivity contribution in [3.8, 4) is 0 Å². The molecule has 0 saturated carbocycles. The zero-order valence-electron chi connectivity index (χ0n) is 12.0. The van der Waals surface area contributed by atoms with E-state index in [0.29, 0.717) is 5.56 Å². The Kier molecular flexibility index (Phi) is 6.22. The molecule has 0 heterocycles. The van der Waals surface area contributed by atoms with Crippen LogP contribution in [0, 0.1) is 0 Å². The maximum atomic E-state index is 11.7. The summed E-state index contributed by atoms with van der Waals surface area (Å²) in [4.78, 5) is 21.6. The number of ether oxygens (including phenoxy) is 1. The molecule has 0 fully saturated rings. The summed E-state index contributed by atoms with van der Waals surface area (Å²) in [6, 6.07) is 7.20. The average molecular weight is 278 g/mol. The smallest absolute Gasteiger partial charge is 0.360 e. The topological polar surface area (TPSA) is 69.5 Å². The van der Waals surface area contributed by atoms with Gasteiger partial charge < -0.3 is 14.4 Å². The standard InChI is InChI=1S/C14H18N2O4/c1-10(2)15-20-9-11-7-5-6-8-12(11)13(16-19-4)14(17)18-3/h5-8H,9H2,1-4H3. The lowest BCUT2D eigenvalue weighted by atomic mass is 10.0. The number of oxime groups is 2. The van der Waals surface area contributed by atoms with Crippen LogP contribution in [0.4, 0.5) is 0 Å². The van der Waals surface area contributed by atoms with Gasteiger partial charge in [-0.15, -0.1) is 0 Å². The van der Waals surface area contributed by atoms with E-state index >= 15 is 0 Å². The highest BCUT2D eigenvalue weighted by atomic mass is 16.6. The van der Waals surface area contributed by atoms with Gasteiger partial charge in [-0.2, -0.15) is 0 Å². The molecule has 0 amide bonds. The van der Waals surface area contributed by atoms with Crippen molar-refractivity contribution in [2.24, 2.45) is 10.3 Å². The van der Waals surface area contributed by atoms with Crippen molar-refractivity contribution in [2.75, 3.05) is 14.2 Å². The van der Waals surface area contributed by atoms with Crippen molar-refractivity contribution in [3.63, 3.8) is 0 Å². The minimum absolute atomic E-state index is 0.0893. The minimum atomic E-state index is -0.575. The van der Waals surface area contributed by atoms with Gasteiger partial charge in [0.25, 0.3) is 0 Å². The molecular formula is C14H18N2O4. The Morgan fingerprint density at radius 3 is 2.45 bits per heavy atom. The van der Waals surface area contributed by atoms with Crippen LogP contribution in [0.3, 0.4) is 0 Å². The van der Waals surface area contributed by atoms with Crippen LogP contribution in [0.25, 0.3) is 0 Å². The first kappa shape index (κ1) is 15.7. The highest BCUT2D eigenvalue weighted by Crippen LogP contribution is 2.13. The van der Waals surface area contributed by atoms with Crippen LogP contribution in [0.2, 0.25) is 0 Å². The summed E-state index contributed by atoms with van der Waals surface area (Å²) in [5, 5.41) is 7.58. The minimum Gasteiger partial charge on any atom is -0.464 e. The van der Waals surface area contributed by atoms with Crippen molar-refractivity contribution in [3.05, 3.63) is 35.4 Å². The molecule has 0 spiro atoms. The summed E-state index contributed by atoms with van der Waals surface area (Å²) in [6.45, 7) is 3.89. The van der Waals surface area contributed by atoms with Crippen LogP contribution < -0.4 is 0 Å². The van der Waals surface area contributed by atoms with Crippen molar-refractivity contribution >= 4 is 17.4 Å². The third kappa shape index (κ3) is 4.38. The first-order valence-corrected chi connectivity index (χ1v) is 6.01. The van der Waals surface area contributed by atoms with E-state index in [1.807, 2.05) is 26.0 Å². The van der Waals surface area contributed by atoms with Crippen LogP contribution in [-0.4, -0.2) is 31.6 Å². The Labute approximate surface area is 118 Å². The van der Waals surface area contributed by atoms with Crippen molar-refractivity contribution in [2.45, 2.75) is 20.5 Å². The molecule has 1 aromatic carbocycles. The highest BCUT2D eigenvalue weighted by Gasteiger charge is 2.19. The summed E-state index contributed by atoms with van der Waals surface area (Å²) in [5.41, 5.74) is 2.25. The Hall–Kier alpha value is -2.37. The Morgan fingerprint density at radius 1 is 1.15 bits per heavy atom. The number of nitrogens with zero attached hydrogens (tertiary/aromatic N) is 2. The van der Waals surface area contributed by atoms with Gasteiger partial charge in [-0.1, -0.05) is 34.6 Å². The normalized spacial score (nSPS) is 10.7. The molecule has 0 aromatic heterocycles. The van der Waals surface area contributed by atoms with Crippen LogP contribution in [0.15, 0.2) is 34.6 Å². The second-order valence-corrected chi connectivity index (χ2v) is 4.08. The maximum absolute atomic E-state index is 11.7. The predicted octanol–water partition coefficient (Wildman–Crippen LogP) is 2.12. The maximum Gasteiger partial charge on any atom is 0.360 e. The molecule has 0 N–H and O–H groups in total. The molecule has 20 heavy (non-hydrogen) atoms. The van der Waals surface area contributed by atoms with E-state index in [4.69, 9.17) is 14.4 Å². The number of esters is 1. The SMILES string of the molecule is CON=C(C(=O)OC)c1ccccc1CON=C(C)C. The van der Waals surface area contributed by atoms with E-state index in [2.05, 4.69) is 10.3 Å². The zero-order valence-corrected chi connectivity index (χ0v) is 12.0. The van der Waals surface area contributed by atoms with Crippen LogP contribution in [0.1, 0.15) is 25.0 Å². The summed E-state index contributed by atoms with van der Waals surface area (Å²) in [6.07, 6.45) is 0. The number of rotatable bonds is 6. The second-order valence-electron chi connectivity index (χ2n) is 4.08. The van der Waals surface area contributed by atoms with Crippen LogP contribution in [-0.2, 0) is 25.8 Å². The van der Waals surface area contributed by atoms with Crippen molar-refractivity contribution < 1.29 is 19.2 Å². The number of benzene rings is 1. The third-order valence-electron chi connectivity index (χ3n) is 2.30. The van der Waals surface area contributed by atoms with Crippen LogP contribution in [0.5, 0.6) is 0 Å². The van der Waals surface area contributed by atoms with Gasteiger partial charge in [-0.25, -0.2) is 4.79 Å². The third-order valence-corrected chi connectivity index (χ3v) is 2.30. The number of carbonyl (C=O) groups is 1. The molecule has 108 valence electrons. The van der Waals surface area contributed by atoms with E-state index in [9.17, 15) is 4.79 Å². The summed E-state index contributed by atoms with van der Waals surface area (Å²) < 4.78 is 4.70. The lowest BCUT2D eigenvalue weighted by molar-refractivity contribution is -0.132. The average Bonchev–Trinajstić information content (AvgIpc) is 2.44. The Balaban J connectivity index is 3.07. The molecule has 0 saturated heterocycles. The molecule has 0 atom stereocenters. The Bertz CT molecular complexity index is 520. The number of carbonyl (C=O) groups excluding carboxylic acids is 1. The lowest BCUT2D eigenvalue weighted by Crippen LogP contribution is -2.19. The first-order valence-electron chi connectivity index (χ1n) is 6.01. The van der Waals surface area contributed by atoms with E-state index in [0.717, 1.165) is 11.3 Å². The van der Waals surface area contributed by atoms with Crippen molar-refractivity contribution in [1.82, 2.24) is 0 Å². The van der Waals surface area contributed by atoms with Gasteiger partial charge in [0.05, 0.1) is 12.8 Å². The van der Waals surface area contributed by atoms with Gasteiger partial charge in [0.1, 0.15) is 13.7 Å². The summed E-state index contributed by atoms with van der Waals surface area (Å²) in [7, 11) is 2.66. The van der Waals surface area contributed by atoms with Gasteiger partial charge in [0.15, 0.2) is 5.71 Å². The molecule has 0 radical (unpaired) electrons. The molecule has 1 rings (SSSR count). The first-order chi connectivity index (χ1) is 9.60. The highest BCUT2D eigenvalue weighted by molar-refractivity contribution is 6.43. The number of methoxy groups -OCH3 is 1. The molecule has 6 nitrogen and oxygen atoms in total. The molecule has 0 bridgehead atoms.